The molecule has 138 valence electrons. The maximum Gasteiger partial charge on any atom is 0.259 e. The Hall–Kier alpha value is -3.03. The van der Waals surface area contributed by atoms with Crippen molar-refractivity contribution in [2.45, 2.75) is 45.6 Å². The highest BCUT2D eigenvalue weighted by Crippen LogP contribution is 2.40. The second kappa shape index (κ2) is 5.73. The molecule has 3 aromatic rings. The third-order valence-electron chi connectivity index (χ3n) is 5.34. The number of aryl methyl sites for hydroxylation is 2. The van der Waals surface area contributed by atoms with Crippen molar-refractivity contribution in [3.63, 3.8) is 0 Å². The number of nitrogens with one attached hydrogen (secondary N) is 1. The number of aromatic amines is 1. The summed E-state index contributed by atoms with van der Waals surface area (Å²) in [7, 11) is 0. The van der Waals surface area contributed by atoms with Gasteiger partial charge in [0.1, 0.15) is 5.82 Å². The molecule has 0 spiro atoms. The van der Waals surface area contributed by atoms with Gasteiger partial charge < -0.3 is 14.4 Å². The van der Waals surface area contributed by atoms with Crippen LogP contribution in [-0.4, -0.2) is 37.5 Å². The van der Waals surface area contributed by atoms with E-state index in [1.54, 1.807) is 11.8 Å². The minimum Gasteiger partial charge on any atom is -0.336 e. The summed E-state index contributed by atoms with van der Waals surface area (Å²) in [5, 5.41) is 4.67. The Labute approximate surface area is 154 Å². The van der Waals surface area contributed by atoms with Crippen molar-refractivity contribution in [2.24, 2.45) is 0 Å². The van der Waals surface area contributed by atoms with Crippen molar-refractivity contribution in [1.82, 2.24) is 25.0 Å². The van der Waals surface area contributed by atoms with E-state index in [4.69, 9.17) is 4.52 Å². The SMILES string of the molecule is Cc1nc2c(c(=O)[nH]1)CCN(C(=O)c1cc(C3CC3)nc3onc(C)c13)C2. The lowest BCUT2D eigenvalue weighted by Gasteiger charge is -2.28. The van der Waals surface area contributed by atoms with Crippen molar-refractivity contribution in [2.75, 3.05) is 6.54 Å². The van der Waals surface area contributed by atoms with E-state index in [-0.39, 0.29) is 11.5 Å². The summed E-state index contributed by atoms with van der Waals surface area (Å²) in [5.41, 5.74) is 3.78. The molecule has 8 heteroatoms. The molecule has 8 nitrogen and oxygen atoms in total. The molecule has 1 saturated carbocycles. The molecule has 0 aromatic carbocycles. The summed E-state index contributed by atoms with van der Waals surface area (Å²) >= 11 is 0. The standard InChI is InChI=1S/C19H19N5O3/c1-9-16-13(7-14(11-3-4-11)22-18(16)27-23-9)19(26)24-6-5-12-15(8-24)20-10(2)21-17(12)25/h7,11H,3-6,8H2,1-2H3,(H,20,21,25). The first kappa shape index (κ1) is 16.2. The maximum absolute atomic E-state index is 13.4. The van der Waals surface area contributed by atoms with Crippen LogP contribution in [-0.2, 0) is 13.0 Å². The molecule has 0 saturated heterocycles. The second-order valence-corrected chi connectivity index (χ2v) is 7.37. The van der Waals surface area contributed by atoms with Crippen LogP contribution < -0.4 is 5.56 Å². The molecular formula is C19H19N5O3. The fourth-order valence-electron chi connectivity index (χ4n) is 3.78. The monoisotopic (exact) mass is 365 g/mol. The summed E-state index contributed by atoms with van der Waals surface area (Å²) in [6, 6.07) is 1.89. The van der Waals surface area contributed by atoms with Gasteiger partial charge in [-0.25, -0.2) is 9.97 Å². The summed E-state index contributed by atoms with van der Waals surface area (Å²) in [6.07, 6.45) is 2.67. The highest BCUT2D eigenvalue weighted by Gasteiger charge is 2.31. The number of carbonyl (C=O) groups is 1. The molecule has 2 aliphatic rings. The minimum atomic E-state index is -0.109. The number of nitrogens with zero attached hydrogens (tertiary/aromatic N) is 4. The van der Waals surface area contributed by atoms with Gasteiger partial charge in [0.15, 0.2) is 0 Å². The van der Waals surface area contributed by atoms with E-state index in [2.05, 4.69) is 20.1 Å². The molecule has 5 rings (SSSR count). The Morgan fingerprint density at radius 1 is 1.30 bits per heavy atom. The van der Waals surface area contributed by atoms with Gasteiger partial charge in [0.25, 0.3) is 17.2 Å². The van der Waals surface area contributed by atoms with Gasteiger partial charge in [0.05, 0.1) is 28.9 Å². The smallest absolute Gasteiger partial charge is 0.259 e. The molecule has 1 aliphatic heterocycles. The van der Waals surface area contributed by atoms with Gasteiger partial charge in [-0.3, -0.25) is 9.59 Å². The van der Waals surface area contributed by atoms with Crippen molar-refractivity contribution in [1.29, 1.82) is 0 Å². The molecule has 4 heterocycles. The number of H-pyrrole nitrogens is 1. The van der Waals surface area contributed by atoms with Gasteiger partial charge in [-0.1, -0.05) is 5.16 Å². The number of fused-ring (bicyclic) bond motifs is 2. The largest absolute Gasteiger partial charge is 0.336 e. The lowest BCUT2D eigenvalue weighted by Crippen LogP contribution is -2.39. The lowest BCUT2D eigenvalue weighted by atomic mass is 10.0. The topological polar surface area (TPSA) is 105 Å². The van der Waals surface area contributed by atoms with Crippen LogP contribution in [0.5, 0.6) is 0 Å². The van der Waals surface area contributed by atoms with E-state index >= 15 is 0 Å². The first-order valence-electron chi connectivity index (χ1n) is 9.16. The zero-order valence-corrected chi connectivity index (χ0v) is 15.2. The van der Waals surface area contributed by atoms with Gasteiger partial charge >= 0.3 is 0 Å². The predicted molar refractivity (Wildman–Crippen MR) is 96.6 cm³/mol. The van der Waals surface area contributed by atoms with Crippen molar-refractivity contribution < 1.29 is 9.32 Å². The van der Waals surface area contributed by atoms with E-state index in [0.717, 1.165) is 18.5 Å². The average Bonchev–Trinajstić information content (AvgIpc) is 3.43. The number of carbonyl (C=O) groups excluding carboxylic acids is 1. The average molecular weight is 365 g/mol. The van der Waals surface area contributed by atoms with Crippen LogP contribution in [0.2, 0.25) is 0 Å². The summed E-state index contributed by atoms with van der Waals surface area (Å²) in [6.45, 7) is 4.37. The number of amides is 1. The van der Waals surface area contributed by atoms with Crippen molar-refractivity contribution in [3.8, 4) is 0 Å². The van der Waals surface area contributed by atoms with Crippen molar-refractivity contribution >= 4 is 17.0 Å². The van der Waals surface area contributed by atoms with Crippen molar-refractivity contribution in [3.05, 3.63) is 50.5 Å². The fraction of sp³-hybridized carbons (Fsp3) is 0.421. The van der Waals surface area contributed by atoms with E-state index in [0.29, 0.717) is 64.9 Å². The molecular weight excluding hydrogens is 346 g/mol. The van der Waals surface area contributed by atoms with E-state index in [9.17, 15) is 9.59 Å². The van der Waals surface area contributed by atoms with Gasteiger partial charge in [-0.05, 0) is 39.2 Å². The summed E-state index contributed by atoms with van der Waals surface area (Å²) in [4.78, 5) is 38.9. The highest BCUT2D eigenvalue weighted by atomic mass is 16.5. The zero-order valence-electron chi connectivity index (χ0n) is 15.2. The van der Waals surface area contributed by atoms with Crippen LogP contribution in [0.1, 0.15) is 57.6 Å². The van der Waals surface area contributed by atoms with Crippen LogP contribution >= 0.6 is 0 Å². The number of rotatable bonds is 2. The van der Waals surface area contributed by atoms with Crippen LogP contribution in [0.4, 0.5) is 0 Å². The first-order chi connectivity index (χ1) is 13.0. The summed E-state index contributed by atoms with van der Waals surface area (Å²) < 4.78 is 5.34. The van der Waals surface area contributed by atoms with Gasteiger partial charge in [0.2, 0.25) is 0 Å². The van der Waals surface area contributed by atoms with Crippen LogP contribution in [0.15, 0.2) is 15.4 Å². The van der Waals surface area contributed by atoms with Gasteiger partial charge in [-0.15, -0.1) is 0 Å². The molecule has 0 radical (unpaired) electrons. The number of pyridine rings is 1. The van der Waals surface area contributed by atoms with Crippen LogP contribution in [0.3, 0.4) is 0 Å². The lowest BCUT2D eigenvalue weighted by molar-refractivity contribution is 0.0732. The number of hydrogen-bond donors (Lipinski definition) is 1. The Morgan fingerprint density at radius 3 is 2.89 bits per heavy atom. The molecule has 1 amide bonds. The predicted octanol–water partition coefficient (Wildman–Crippen LogP) is 2.00. The van der Waals surface area contributed by atoms with E-state index in [1.165, 1.54) is 0 Å². The first-order valence-corrected chi connectivity index (χ1v) is 9.16. The molecule has 1 fully saturated rings. The zero-order chi connectivity index (χ0) is 18.7. The van der Waals surface area contributed by atoms with Crippen LogP contribution in [0, 0.1) is 13.8 Å². The molecule has 1 N–H and O–H groups in total. The Morgan fingerprint density at radius 2 is 2.11 bits per heavy atom. The minimum absolute atomic E-state index is 0.0963. The number of hydrogen-bond acceptors (Lipinski definition) is 6. The molecule has 27 heavy (non-hydrogen) atoms. The maximum atomic E-state index is 13.4. The van der Waals surface area contributed by atoms with Gasteiger partial charge in [-0.2, -0.15) is 0 Å². The Kier molecular flexibility index (Phi) is 3.43. The Balaban J connectivity index is 1.56. The fourth-order valence-corrected chi connectivity index (χ4v) is 3.78. The quantitative estimate of drug-likeness (QED) is 0.745. The highest BCUT2D eigenvalue weighted by molar-refractivity contribution is 6.06. The van der Waals surface area contributed by atoms with Crippen LogP contribution in [0.25, 0.3) is 11.1 Å². The molecule has 1 aliphatic carbocycles. The molecule has 0 unspecified atom stereocenters. The third-order valence-corrected chi connectivity index (χ3v) is 5.34. The summed E-state index contributed by atoms with van der Waals surface area (Å²) in [5.74, 6) is 0.863. The van der Waals surface area contributed by atoms with E-state index < -0.39 is 0 Å². The second-order valence-electron chi connectivity index (χ2n) is 7.37. The van der Waals surface area contributed by atoms with E-state index in [1.807, 2.05) is 13.0 Å². The molecule has 0 bridgehead atoms. The Bertz CT molecular complexity index is 1140. The molecule has 0 atom stereocenters. The third kappa shape index (κ3) is 2.63. The molecule has 3 aromatic heterocycles. The van der Waals surface area contributed by atoms with Gasteiger partial charge in [0, 0.05) is 23.7 Å². The normalized spacial score (nSPS) is 16.6. The number of aromatic nitrogens is 4.